The summed E-state index contributed by atoms with van der Waals surface area (Å²) in [5.74, 6) is 1.40. The summed E-state index contributed by atoms with van der Waals surface area (Å²) < 4.78 is 0. The summed E-state index contributed by atoms with van der Waals surface area (Å²) in [6, 6.07) is 86.0. The van der Waals surface area contributed by atoms with Crippen LogP contribution in [0.5, 0.6) is 0 Å². The fraction of sp³-hybridized carbons (Fsp3) is 0.183. The molecule has 0 radical (unpaired) electrons. The molecule has 2 fully saturated rings. The van der Waals surface area contributed by atoms with Gasteiger partial charge in [0.05, 0.1) is 5.41 Å². The lowest BCUT2D eigenvalue weighted by atomic mass is 9.61. The summed E-state index contributed by atoms with van der Waals surface area (Å²) >= 11 is 0. The van der Waals surface area contributed by atoms with Crippen molar-refractivity contribution in [2.24, 2.45) is 0 Å². The third-order valence-corrected chi connectivity index (χ3v) is 17.3. The van der Waals surface area contributed by atoms with Crippen molar-refractivity contribution in [3.8, 4) is 55.6 Å². The zero-order chi connectivity index (χ0) is 47.6. The molecule has 1 atom stereocenters. The number of rotatable bonds is 8. The minimum Gasteiger partial charge on any atom is -0.310 e. The summed E-state index contributed by atoms with van der Waals surface area (Å²) in [6.45, 7) is 0. The predicted octanol–water partition coefficient (Wildman–Crippen LogP) is 19.7. The molecule has 10 aromatic carbocycles. The lowest BCUT2D eigenvalue weighted by molar-refractivity contribution is 0.443. The number of anilines is 3. The normalized spacial score (nSPS) is 17.1. The minimum atomic E-state index is -0.506. The first-order valence-electron chi connectivity index (χ1n) is 26.9. The first-order chi connectivity index (χ1) is 35.7. The molecule has 10 aromatic rings. The molecule has 1 nitrogen and oxygen atoms in total. The lowest BCUT2D eigenvalue weighted by Gasteiger charge is -2.40. The van der Waals surface area contributed by atoms with E-state index in [-0.39, 0.29) is 0 Å². The highest BCUT2D eigenvalue weighted by Gasteiger charge is 2.50. The second kappa shape index (κ2) is 17.8. The van der Waals surface area contributed by atoms with Crippen LogP contribution in [0.15, 0.2) is 224 Å². The minimum absolute atomic E-state index is 0.506. The molecule has 4 aliphatic rings. The van der Waals surface area contributed by atoms with Crippen molar-refractivity contribution >= 4 is 27.8 Å². The van der Waals surface area contributed by atoms with Crippen molar-refractivity contribution in [2.75, 3.05) is 4.90 Å². The average molecular weight is 926 g/mol. The van der Waals surface area contributed by atoms with Gasteiger partial charge in [0.25, 0.3) is 0 Å². The number of benzene rings is 10. The average Bonchev–Trinajstić information content (AvgIpc) is 3.75. The van der Waals surface area contributed by atoms with Crippen LogP contribution in [-0.4, -0.2) is 0 Å². The summed E-state index contributed by atoms with van der Waals surface area (Å²) in [6.07, 6.45) is 13.4. The largest absolute Gasteiger partial charge is 0.310 e. The van der Waals surface area contributed by atoms with Crippen LogP contribution in [0.25, 0.3) is 66.4 Å². The van der Waals surface area contributed by atoms with Gasteiger partial charge in [-0.3, -0.25) is 0 Å². The standard InChI is InChI=1S/C71H59N/c1-3-15-48(16-4-1)50-29-31-52(32-30-50)53-37-41-57(42-38-53)72(58-43-39-55(40-44-58)61-22-8-7-21-60(61)54-35-33-51(34-36-54)49-17-5-2-6-18-49)59-45-46-64-62-23-9-11-26-66(62)71(69(64)47-59)67-27-12-10-24-63(67)65-25-13-19-56-20-14-28-68(71)70(56)65/h7-14,19-49H,1-6,15-18H2. The van der Waals surface area contributed by atoms with E-state index in [1.807, 2.05) is 0 Å². The Kier molecular flexibility index (Phi) is 10.7. The van der Waals surface area contributed by atoms with Crippen LogP contribution in [0.1, 0.15) is 109 Å². The van der Waals surface area contributed by atoms with E-state index in [9.17, 15) is 0 Å². The fourth-order valence-corrected chi connectivity index (χ4v) is 13.8. The number of hydrogen-bond donors (Lipinski definition) is 0. The number of hydrogen-bond acceptors (Lipinski definition) is 1. The molecule has 0 aliphatic heterocycles. The van der Waals surface area contributed by atoms with E-state index in [0.717, 1.165) is 17.1 Å². The molecule has 0 heterocycles. The van der Waals surface area contributed by atoms with Gasteiger partial charge in [-0.25, -0.2) is 0 Å². The molecule has 348 valence electrons. The van der Waals surface area contributed by atoms with Gasteiger partial charge in [0.15, 0.2) is 0 Å². The maximum atomic E-state index is 2.52. The third kappa shape index (κ3) is 7.03. The van der Waals surface area contributed by atoms with Crippen LogP contribution in [0.3, 0.4) is 0 Å². The van der Waals surface area contributed by atoms with Gasteiger partial charge in [-0.2, -0.15) is 0 Å². The number of fused-ring (bicyclic) bond motifs is 9. The molecule has 72 heavy (non-hydrogen) atoms. The van der Waals surface area contributed by atoms with E-state index in [0.29, 0.717) is 11.8 Å². The van der Waals surface area contributed by atoms with E-state index in [1.165, 1.54) is 164 Å². The molecular weight excluding hydrogens is 867 g/mol. The highest BCUT2D eigenvalue weighted by molar-refractivity contribution is 6.07. The first-order valence-corrected chi connectivity index (χ1v) is 26.9. The molecular formula is C71H59N. The maximum Gasteiger partial charge on any atom is 0.0726 e. The molecule has 4 aliphatic carbocycles. The van der Waals surface area contributed by atoms with Gasteiger partial charge >= 0.3 is 0 Å². The van der Waals surface area contributed by atoms with Crippen LogP contribution < -0.4 is 4.90 Å². The quantitative estimate of drug-likeness (QED) is 0.147. The zero-order valence-electron chi connectivity index (χ0n) is 41.0. The Morgan fingerprint density at radius 2 is 0.694 bits per heavy atom. The Labute approximate surface area is 425 Å². The molecule has 0 N–H and O–H groups in total. The Balaban J connectivity index is 0.899. The summed E-state index contributed by atoms with van der Waals surface area (Å²) in [5.41, 5.74) is 24.0. The van der Waals surface area contributed by atoms with Crippen molar-refractivity contribution in [3.05, 3.63) is 258 Å². The van der Waals surface area contributed by atoms with Crippen LogP contribution >= 0.6 is 0 Å². The van der Waals surface area contributed by atoms with Gasteiger partial charge < -0.3 is 4.90 Å². The molecule has 0 amide bonds. The Bertz CT molecular complexity index is 3620. The van der Waals surface area contributed by atoms with Crippen LogP contribution in [0.2, 0.25) is 0 Å². The molecule has 14 rings (SSSR count). The van der Waals surface area contributed by atoms with Gasteiger partial charge in [-0.05, 0) is 174 Å². The van der Waals surface area contributed by atoms with Crippen LogP contribution in [0.4, 0.5) is 17.1 Å². The van der Waals surface area contributed by atoms with Crippen LogP contribution in [-0.2, 0) is 5.41 Å². The molecule has 1 unspecified atom stereocenters. The molecule has 0 bridgehead atoms. The molecule has 0 aromatic heterocycles. The van der Waals surface area contributed by atoms with Crippen molar-refractivity contribution in [2.45, 2.75) is 81.5 Å². The molecule has 1 spiro atoms. The summed E-state index contributed by atoms with van der Waals surface area (Å²) in [5, 5.41) is 2.63. The Morgan fingerprint density at radius 1 is 0.292 bits per heavy atom. The van der Waals surface area contributed by atoms with Crippen LogP contribution in [0, 0.1) is 0 Å². The summed E-state index contributed by atoms with van der Waals surface area (Å²) in [4.78, 5) is 2.48. The highest BCUT2D eigenvalue weighted by atomic mass is 15.1. The SMILES string of the molecule is c1ccc(-c2ccc(N(c3ccc(-c4ccc(C5CCCCC5)cc4)cc3)c3ccc4c(c3)C3(c5ccccc5-4)c4ccccc4-c4cccc5cccc3c45)cc2)c(-c2ccc(C3CCCCC3)cc2)c1. The fourth-order valence-electron chi connectivity index (χ4n) is 13.8. The van der Waals surface area contributed by atoms with E-state index < -0.39 is 5.41 Å². The Hall–Kier alpha value is -7.74. The van der Waals surface area contributed by atoms with Crippen molar-refractivity contribution < 1.29 is 0 Å². The van der Waals surface area contributed by atoms with Crippen molar-refractivity contribution in [3.63, 3.8) is 0 Å². The van der Waals surface area contributed by atoms with Crippen molar-refractivity contribution in [1.29, 1.82) is 0 Å². The van der Waals surface area contributed by atoms with E-state index >= 15 is 0 Å². The van der Waals surface area contributed by atoms with E-state index in [4.69, 9.17) is 0 Å². The second-order valence-electron chi connectivity index (χ2n) is 21.2. The lowest BCUT2D eigenvalue weighted by Crippen LogP contribution is -2.32. The monoisotopic (exact) mass is 925 g/mol. The van der Waals surface area contributed by atoms with Gasteiger partial charge in [-0.1, -0.05) is 227 Å². The number of nitrogens with zero attached hydrogens (tertiary/aromatic N) is 1. The Morgan fingerprint density at radius 3 is 1.25 bits per heavy atom. The van der Waals surface area contributed by atoms with E-state index in [1.54, 1.807) is 0 Å². The topological polar surface area (TPSA) is 3.24 Å². The zero-order valence-corrected chi connectivity index (χ0v) is 41.0. The van der Waals surface area contributed by atoms with Gasteiger partial charge in [0.1, 0.15) is 0 Å². The smallest absolute Gasteiger partial charge is 0.0726 e. The van der Waals surface area contributed by atoms with Gasteiger partial charge in [0, 0.05) is 17.1 Å². The van der Waals surface area contributed by atoms with Gasteiger partial charge in [0.2, 0.25) is 0 Å². The molecule has 1 heteroatoms. The molecule has 2 saturated carbocycles. The predicted molar refractivity (Wildman–Crippen MR) is 303 cm³/mol. The highest BCUT2D eigenvalue weighted by Crippen LogP contribution is 2.62. The van der Waals surface area contributed by atoms with Gasteiger partial charge in [-0.15, -0.1) is 0 Å². The third-order valence-electron chi connectivity index (χ3n) is 17.3. The molecule has 0 saturated heterocycles. The first kappa shape index (κ1) is 43.1. The maximum absolute atomic E-state index is 2.52. The summed E-state index contributed by atoms with van der Waals surface area (Å²) in [7, 11) is 0. The van der Waals surface area contributed by atoms with Crippen molar-refractivity contribution in [1.82, 2.24) is 0 Å². The second-order valence-corrected chi connectivity index (χ2v) is 21.2. The van der Waals surface area contributed by atoms with E-state index in [2.05, 4.69) is 229 Å².